The summed E-state index contributed by atoms with van der Waals surface area (Å²) >= 11 is 3.26. The zero-order valence-corrected chi connectivity index (χ0v) is 18.8. The molecule has 2 aromatic carbocycles. The highest BCUT2D eigenvalue weighted by Gasteiger charge is 2.35. The van der Waals surface area contributed by atoms with Gasteiger partial charge in [-0.25, -0.2) is 4.98 Å². The smallest absolute Gasteiger partial charge is 0.307 e. The van der Waals surface area contributed by atoms with Crippen molar-refractivity contribution < 1.29 is 19.4 Å². The topological polar surface area (TPSA) is 88.5 Å². The van der Waals surface area contributed by atoms with Crippen LogP contribution in [0.4, 0.5) is 5.69 Å². The lowest BCUT2D eigenvalue weighted by Crippen LogP contribution is -2.36. The maximum atomic E-state index is 12.7. The van der Waals surface area contributed by atoms with Crippen LogP contribution in [-0.2, 0) is 15.3 Å². The van der Waals surface area contributed by atoms with E-state index in [0.717, 1.165) is 38.9 Å². The normalized spacial score (nSPS) is 18.6. The zero-order valence-electron chi connectivity index (χ0n) is 17.2. The minimum Gasteiger partial charge on any atom is -0.497 e. The third-order valence-corrected chi connectivity index (χ3v) is 7.81. The van der Waals surface area contributed by atoms with Gasteiger partial charge in [-0.2, -0.15) is 0 Å². The largest absolute Gasteiger partial charge is 0.497 e. The molecule has 2 atom stereocenters. The number of carbonyl (C=O) groups is 2. The summed E-state index contributed by atoms with van der Waals surface area (Å²) in [6.07, 6.45) is 2.95. The van der Waals surface area contributed by atoms with Crippen molar-refractivity contribution in [2.24, 2.45) is 11.8 Å². The van der Waals surface area contributed by atoms with Crippen LogP contribution in [0.5, 0.6) is 5.75 Å². The molecule has 1 amide bonds. The van der Waals surface area contributed by atoms with Crippen LogP contribution in [0, 0.1) is 11.8 Å². The number of thiazole rings is 1. The van der Waals surface area contributed by atoms with E-state index in [1.807, 2.05) is 42.5 Å². The number of carbonyl (C=O) groups excluding carboxylic acids is 1. The molecule has 6 nitrogen and oxygen atoms in total. The SMILES string of the molecule is COc1ccc(CSc2nc3ccc(NC(=O)[C@@H]4CCCC[C@H]4C(=O)O)cc3s2)cc1. The summed E-state index contributed by atoms with van der Waals surface area (Å²) in [6.45, 7) is 0. The van der Waals surface area contributed by atoms with E-state index < -0.39 is 17.8 Å². The number of nitrogens with zero attached hydrogens (tertiary/aromatic N) is 1. The highest BCUT2D eigenvalue weighted by Crippen LogP contribution is 2.34. The number of benzene rings is 2. The fraction of sp³-hybridized carbons (Fsp3) is 0.348. The summed E-state index contributed by atoms with van der Waals surface area (Å²) in [6, 6.07) is 13.6. The number of hydrogen-bond acceptors (Lipinski definition) is 6. The van der Waals surface area contributed by atoms with Gasteiger partial charge in [-0.15, -0.1) is 11.3 Å². The van der Waals surface area contributed by atoms with Crippen molar-refractivity contribution in [2.75, 3.05) is 12.4 Å². The van der Waals surface area contributed by atoms with Crippen molar-refractivity contribution >= 4 is 50.9 Å². The quantitative estimate of drug-likeness (QED) is 0.461. The lowest BCUT2D eigenvalue weighted by atomic mass is 9.78. The minimum atomic E-state index is -0.878. The predicted molar refractivity (Wildman–Crippen MR) is 124 cm³/mol. The number of aromatic nitrogens is 1. The molecule has 0 spiro atoms. The number of nitrogens with one attached hydrogen (secondary N) is 1. The van der Waals surface area contributed by atoms with Crippen LogP contribution in [0.2, 0.25) is 0 Å². The Morgan fingerprint density at radius 2 is 1.90 bits per heavy atom. The van der Waals surface area contributed by atoms with E-state index >= 15 is 0 Å². The van der Waals surface area contributed by atoms with Crippen molar-refractivity contribution in [3.8, 4) is 5.75 Å². The Labute approximate surface area is 189 Å². The van der Waals surface area contributed by atoms with Gasteiger partial charge in [0.05, 0.1) is 29.2 Å². The molecule has 2 N–H and O–H groups in total. The minimum absolute atomic E-state index is 0.204. The first-order valence-electron chi connectivity index (χ1n) is 10.2. The molecule has 162 valence electrons. The second-order valence-electron chi connectivity index (χ2n) is 7.62. The second kappa shape index (κ2) is 9.70. The first-order valence-corrected chi connectivity index (χ1v) is 12.0. The van der Waals surface area contributed by atoms with Gasteiger partial charge in [0.2, 0.25) is 5.91 Å². The van der Waals surface area contributed by atoms with Crippen molar-refractivity contribution in [1.29, 1.82) is 0 Å². The van der Waals surface area contributed by atoms with Gasteiger partial charge in [0.1, 0.15) is 5.75 Å². The number of fused-ring (bicyclic) bond motifs is 1. The molecule has 1 fully saturated rings. The molecule has 0 aliphatic heterocycles. The van der Waals surface area contributed by atoms with Crippen molar-refractivity contribution in [3.63, 3.8) is 0 Å². The Balaban J connectivity index is 1.42. The monoisotopic (exact) mass is 456 g/mol. The predicted octanol–water partition coefficient (Wildman–Crippen LogP) is 5.43. The number of methoxy groups -OCH3 is 1. The molecule has 4 rings (SSSR count). The zero-order chi connectivity index (χ0) is 21.8. The van der Waals surface area contributed by atoms with Crippen LogP contribution in [0.25, 0.3) is 10.2 Å². The van der Waals surface area contributed by atoms with Gasteiger partial charge in [0, 0.05) is 11.4 Å². The lowest BCUT2D eigenvalue weighted by molar-refractivity contribution is -0.147. The summed E-state index contributed by atoms with van der Waals surface area (Å²) in [5.41, 5.74) is 2.77. The summed E-state index contributed by atoms with van der Waals surface area (Å²) < 4.78 is 7.15. The summed E-state index contributed by atoms with van der Waals surface area (Å²) in [7, 11) is 1.65. The van der Waals surface area contributed by atoms with Crippen molar-refractivity contribution in [2.45, 2.75) is 35.8 Å². The average molecular weight is 457 g/mol. The Morgan fingerprint density at radius 3 is 2.61 bits per heavy atom. The molecule has 1 aliphatic carbocycles. The molecule has 0 saturated heterocycles. The molecule has 1 aliphatic rings. The standard InChI is InChI=1S/C23H24N2O4S2/c1-29-16-9-6-14(7-10-16)13-30-23-25-19-11-8-15(12-20(19)31-23)24-21(26)17-4-2-3-5-18(17)22(27)28/h6-12,17-18H,2-5,13H2,1H3,(H,24,26)(H,27,28)/t17-,18-/m1/s1. The Kier molecular flexibility index (Phi) is 6.77. The molecule has 8 heteroatoms. The van der Waals surface area contributed by atoms with Gasteiger partial charge in [-0.1, -0.05) is 36.7 Å². The third-order valence-electron chi connectivity index (χ3n) is 5.58. The molecule has 1 aromatic heterocycles. The number of carboxylic acid groups (broad SMARTS) is 1. The Morgan fingerprint density at radius 1 is 1.16 bits per heavy atom. The number of anilines is 1. The van der Waals surface area contributed by atoms with E-state index in [9.17, 15) is 14.7 Å². The first-order chi connectivity index (χ1) is 15.0. The van der Waals surface area contributed by atoms with E-state index in [1.165, 1.54) is 5.56 Å². The van der Waals surface area contributed by atoms with Gasteiger partial charge < -0.3 is 15.2 Å². The van der Waals surface area contributed by atoms with Crippen LogP contribution in [0.3, 0.4) is 0 Å². The van der Waals surface area contributed by atoms with Gasteiger partial charge in [-0.3, -0.25) is 9.59 Å². The maximum Gasteiger partial charge on any atom is 0.307 e. The van der Waals surface area contributed by atoms with E-state index in [-0.39, 0.29) is 5.91 Å². The molecule has 3 aromatic rings. The second-order valence-corrected chi connectivity index (χ2v) is 9.88. The van der Waals surface area contributed by atoms with Crippen molar-refractivity contribution in [1.82, 2.24) is 4.98 Å². The molecule has 1 heterocycles. The van der Waals surface area contributed by atoms with E-state index in [4.69, 9.17) is 4.74 Å². The number of thioether (sulfide) groups is 1. The molecule has 1 saturated carbocycles. The fourth-order valence-corrected chi connectivity index (χ4v) is 5.95. The maximum absolute atomic E-state index is 12.7. The summed E-state index contributed by atoms with van der Waals surface area (Å²) in [5.74, 6) is -0.500. The lowest BCUT2D eigenvalue weighted by Gasteiger charge is -2.27. The number of hydrogen-bond donors (Lipinski definition) is 2. The Bertz CT molecular complexity index is 1080. The summed E-state index contributed by atoms with van der Waals surface area (Å²) in [4.78, 5) is 28.9. The van der Waals surface area contributed by atoms with Crippen LogP contribution in [-0.4, -0.2) is 29.1 Å². The van der Waals surface area contributed by atoms with Crippen LogP contribution >= 0.6 is 23.1 Å². The van der Waals surface area contributed by atoms with Gasteiger partial charge >= 0.3 is 5.97 Å². The number of amides is 1. The van der Waals surface area contributed by atoms with Gasteiger partial charge in [0.25, 0.3) is 0 Å². The van der Waals surface area contributed by atoms with Gasteiger partial charge in [-0.05, 0) is 48.7 Å². The number of ether oxygens (including phenoxy) is 1. The third kappa shape index (κ3) is 5.19. The summed E-state index contributed by atoms with van der Waals surface area (Å²) in [5, 5.41) is 12.4. The van der Waals surface area contributed by atoms with Gasteiger partial charge in [0.15, 0.2) is 4.34 Å². The Hall–Kier alpha value is -2.58. The number of carboxylic acids is 1. The van der Waals surface area contributed by atoms with E-state index in [0.29, 0.717) is 18.5 Å². The number of aliphatic carboxylic acids is 1. The van der Waals surface area contributed by atoms with Crippen LogP contribution in [0.15, 0.2) is 46.8 Å². The molecular formula is C23H24N2O4S2. The van der Waals surface area contributed by atoms with Crippen molar-refractivity contribution in [3.05, 3.63) is 48.0 Å². The van der Waals surface area contributed by atoms with Crippen LogP contribution in [0.1, 0.15) is 31.2 Å². The number of rotatable bonds is 7. The molecule has 31 heavy (non-hydrogen) atoms. The molecule has 0 radical (unpaired) electrons. The average Bonchev–Trinajstić information content (AvgIpc) is 3.20. The molecule has 0 bridgehead atoms. The van der Waals surface area contributed by atoms with E-state index in [1.54, 1.807) is 30.2 Å². The fourth-order valence-electron chi connectivity index (χ4n) is 3.89. The van der Waals surface area contributed by atoms with E-state index in [2.05, 4.69) is 10.3 Å². The first kappa shape index (κ1) is 21.6. The molecular weight excluding hydrogens is 432 g/mol. The highest BCUT2D eigenvalue weighted by atomic mass is 32.2. The van der Waals surface area contributed by atoms with Crippen LogP contribution < -0.4 is 10.1 Å². The molecule has 0 unspecified atom stereocenters. The highest BCUT2D eigenvalue weighted by molar-refractivity contribution is 8.00.